The van der Waals surface area contributed by atoms with Gasteiger partial charge in [0.2, 0.25) is 0 Å². The van der Waals surface area contributed by atoms with Crippen molar-refractivity contribution >= 4 is 10.4 Å². The van der Waals surface area contributed by atoms with Crippen LogP contribution in [0.4, 0.5) is 0 Å². The van der Waals surface area contributed by atoms with E-state index in [-0.39, 0.29) is 0 Å². The highest BCUT2D eigenvalue weighted by atomic mass is 32.3. The summed E-state index contributed by atoms with van der Waals surface area (Å²) >= 11 is 0. The second-order valence-electron chi connectivity index (χ2n) is 2.20. The predicted octanol–water partition coefficient (Wildman–Crippen LogP) is 1.16. The average Bonchev–Trinajstić information content (AvgIpc) is 1.79. The van der Waals surface area contributed by atoms with E-state index < -0.39 is 16.5 Å². The van der Waals surface area contributed by atoms with Gasteiger partial charge in [0.15, 0.2) is 0 Å². The summed E-state index contributed by atoms with van der Waals surface area (Å²) in [6, 6.07) is 0. The molecule has 5 heteroatoms. The van der Waals surface area contributed by atoms with Crippen molar-refractivity contribution < 1.29 is 17.2 Å². The van der Waals surface area contributed by atoms with Crippen LogP contribution in [0, 0.1) is 0 Å². The molecule has 0 aliphatic carbocycles. The van der Waals surface area contributed by atoms with E-state index in [4.69, 9.17) is 4.55 Å². The Labute approximate surface area is 66.8 Å². The summed E-state index contributed by atoms with van der Waals surface area (Å²) in [7, 11) is -4.29. The molecule has 0 amide bonds. The largest absolute Gasteiger partial charge is 0.397 e. The molecule has 11 heavy (non-hydrogen) atoms. The van der Waals surface area contributed by atoms with Crippen LogP contribution in [0.15, 0.2) is 12.7 Å². The van der Waals surface area contributed by atoms with E-state index >= 15 is 0 Å². The summed E-state index contributed by atoms with van der Waals surface area (Å²) in [4.78, 5) is 0. The van der Waals surface area contributed by atoms with Crippen LogP contribution in [-0.4, -0.2) is 19.1 Å². The van der Waals surface area contributed by atoms with Gasteiger partial charge in [0.1, 0.15) is 0 Å². The Morgan fingerprint density at radius 1 is 1.73 bits per heavy atom. The lowest BCUT2D eigenvalue weighted by Gasteiger charge is -2.06. The maximum atomic E-state index is 10.1. The van der Waals surface area contributed by atoms with Crippen LogP contribution in [0.2, 0.25) is 0 Å². The van der Waals surface area contributed by atoms with Crippen molar-refractivity contribution in [1.29, 1.82) is 0 Å². The first-order valence-electron chi connectivity index (χ1n) is 3.22. The van der Waals surface area contributed by atoms with Gasteiger partial charge in [0.25, 0.3) is 0 Å². The van der Waals surface area contributed by atoms with Crippen molar-refractivity contribution in [2.75, 3.05) is 0 Å². The molecule has 0 bridgehead atoms. The zero-order valence-corrected chi connectivity index (χ0v) is 7.17. The van der Waals surface area contributed by atoms with Gasteiger partial charge in [-0.15, -0.1) is 6.58 Å². The van der Waals surface area contributed by atoms with Crippen LogP contribution in [0.3, 0.4) is 0 Å². The molecule has 0 aliphatic heterocycles. The molecule has 0 saturated carbocycles. The van der Waals surface area contributed by atoms with Crippen LogP contribution in [0.1, 0.15) is 19.8 Å². The van der Waals surface area contributed by atoms with E-state index in [0.29, 0.717) is 12.8 Å². The summed E-state index contributed by atoms with van der Waals surface area (Å²) in [6.45, 7) is 5.03. The molecule has 0 radical (unpaired) electrons. The van der Waals surface area contributed by atoms with Crippen molar-refractivity contribution in [3.8, 4) is 0 Å². The van der Waals surface area contributed by atoms with Crippen LogP contribution >= 0.6 is 0 Å². The third kappa shape index (κ3) is 7.51. The van der Waals surface area contributed by atoms with Gasteiger partial charge in [0, 0.05) is 0 Å². The minimum atomic E-state index is -4.29. The molecule has 1 atom stereocenters. The first-order valence-corrected chi connectivity index (χ1v) is 4.59. The Kier molecular flexibility index (Phi) is 4.32. The summed E-state index contributed by atoms with van der Waals surface area (Å²) in [5.74, 6) is 0. The van der Waals surface area contributed by atoms with Crippen molar-refractivity contribution in [3.05, 3.63) is 12.7 Å². The molecule has 0 spiro atoms. The lowest BCUT2D eigenvalue weighted by Crippen LogP contribution is -2.13. The smallest absolute Gasteiger partial charge is 0.264 e. The fourth-order valence-corrected chi connectivity index (χ4v) is 1.12. The van der Waals surface area contributed by atoms with E-state index in [2.05, 4.69) is 10.8 Å². The Balaban J connectivity index is 3.69. The molecule has 0 heterocycles. The lowest BCUT2D eigenvalue weighted by molar-refractivity contribution is 0.190. The van der Waals surface area contributed by atoms with Crippen LogP contribution in [0.5, 0.6) is 0 Å². The minimum Gasteiger partial charge on any atom is -0.264 e. The Morgan fingerprint density at radius 2 is 2.27 bits per heavy atom. The van der Waals surface area contributed by atoms with Crippen molar-refractivity contribution in [2.24, 2.45) is 0 Å². The summed E-state index contributed by atoms with van der Waals surface area (Å²) in [5.41, 5.74) is 0. The van der Waals surface area contributed by atoms with Crippen molar-refractivity contribution in [3.63, 3.8) is 0 Å². The standard InChI is InChI=1S/C6H12O4S/c1-3-4-5-6(2)10-11(7,8)9/h3,6H,1,4-5H2,2H3,(H,7,8,9)/t6-/m0/s1. The predicted molar refractivity (Wildman–Crippen MR) is 41.5 cm³/mol. The van der Waals surface area contributed by atoms with E-state index in [1.54, 1.807) is 13.0 Å². The van der Waals surface area contributed by atoms with Gasteiger partial charge >= 0.3 is 10.4 Å². The summed E-state index contributed by atoms with van der Waals surface area (Å²) in [6.07, 6.45) is 2.35. The Bertz CT molecular complexity index is 207. The second-order valence-corrected chi connectivity index (χ2v) is 3.25. The molecule has 0 unspecified atom stereocenters. The maximum Gasteiger partial charge on any atom is 0.397 e. The molecule has 0 aromatic carbocycles. The number of allylic oxidation sites excluding steroid dienone is 1. The molecular formula is C6H12O4S. The van der Waals surface area contributed by atoms with Gasteiger partial charge in [-0.25, -0.2) is 4.18 Å². The fourth-order valence-electron chi connectivity index (χ4n) is 0.608. The maximum absolute atomic E-state index is 10.1. The monoisotopic (exact) mass is 180 g/mol. The highest BCUT2D eigenvalue weighted by Gasteiger charge is 2.10. The Hall–Kier alpha value is -0.390. The third-order valence-electron chi connectivity index (χ3n) is 1.06. The normalized spacial score (nSPS) is 14.4. The third-order valence-corrected chi connectivity index (χ3v) is 1.63. The van der Waals surface area contributed by atoms with Crippen LogP contribution in [-0.2, 0) is 14.6 Å². The minimum absolute atomic E-state index is 0.497. The number of rotatable bonds is 5. The molecule has 4 nitrogen and oxygen atoms in total. The first-order chi connectivity index (χ1) is 4.95. The molecule has 0 fully saturated rings. The molecule has 1 N–H and O–H groups in total. The number of hydrogen-bond donors (Lipinski definition) is 1. The highest BCUT2D eigenvalue weighted by Crippen LogP contribution is 2.04. The van der Waals surface area contributed by atoms with E-state index in [0.717, 1.165) is 0 Å². The molecule has 0 aromatic rings. The van der Waals surface area contributed by atoms with Crippen molar-refractivity contribution in [1.82, 2.24) is 0 Å². The van der Waals surface area contributed by atoms with Gasteiger partial charge < -0.3 is 0 Å². The van der Waals surface area contributed by atoms with Crippen LogP contribution < -0.4 is 0 Å². The van der Waals surface area contributed by atoms with Crippen LogP contribution in [0.25, 0.3) is 0 Å². The Morgan fingerprint density at radius 3 is 2.64 bits per heavy atom. The van der Waals surface area contributed by atoms with Gasteiger partial charge in [0.05, 0.1) is 6.10 Å². The molecule has 66 valence electrons. The second kappa shape index (κ2) is 4.48. The van der Waals surface area contributed by atoms with Gasteiger partial charge in [-0.05, 0) is 19.8 Å². The first kappa shape index (κ1) is 10.6. The number of hydrogen-bond acceptors (Lipinski definition) is 3. The fraction of sp³-hybridized carbons (Fsp3) is 0.667. The zero-order chi connectivity index (χ0) is 8.91. The lowest BCUT2D eigenvalue weighted by atomic mass is 10.2. The molecule has 0 saturated heterocycles. The average molecular weight is 180 g/mol. The molecule has 0 rings (SSSR count). The SMILES string of the molecule is C=CCC[C@H](C)OS(=O)(=O)O. The van der Waals surface area contributed by atoms with Crippen molar-refractivity contribution in [2.45, 2.75) is 25.9 Å². The summed E-state index contributed by atoms with van der Waals surface area (Å²) < 4.78 is 32.7. The highest BCUT2D eigenvalue weighted by molar-refractivity contribution is 7.80. The molecule has 0 aliphatic rings. The molecule has 0 aromatic heterocycles. The van der Waals surface area contributed by atoms with Gasteiger partial charge in [-0.2, -0.15) is 8.42 Å². The van der Waals surface area contributed by atoms with E-state index in [9.17, 15) is 8.42 Å². The summed E-state index contributed by atoms with van der Waals surface area (Å²) in [5, 5.41) is 0. The van der Waals surface area contributed by atoms with E-state index in [1.807, 2.05) is 0 Å². The van der Waals surface area contributed by atoms with Gasteiger partial charge in [-0.1, -0.05) is 6.08 Å². The quantitative estimate of drug-likeness (QED) is 0.509. The topological polar surface area (TPSA) is 63.6 Å². The van der Waals surface area contributed by atoms with E-state index in [1.165, 1.54) is 0 Å². The molecular weight excluding hydrogens is 168 g/mol. The van der Waals surface area contributed by atoms with Gasteiger partial charge in [-0.3, -0.25) is 4.55 Å². The zero-order valence-electron chi connectivity index (χ0n) is 6.36.